The maximum atomic E-state index is 5.65. The zero-order valence-corrected chi connectivity index (χ0v) is 8.72. The predicted molar refractivity (Wildman–Crippen MR) is 56.0 cm³/mol. The van der Waals surface area contributed by atoms with Gasteiger partial charge in [0.1, 0.15) is 0 Å². The Morgan fingerprint density at radius 1 is 1.33 bits per heavy atom. The zero-order chi connectivity index (χ0) is 9.40. The normalized spacial score (nSPS) is 16.7. The summed E-state index contributed by atoms with van der Waals surface area (Å²) in [5.74, 6) is 1.31. The van der Waals surface area contributed by atoms with E-state index in [9.17, 15) is 0 Å². The van der Waals surface area contributed by atoms with E-state index >= 15 is 0 Å². The van der Waals surface area contributed by atoms with Gasteiger partial charge in [0.05, 0.1) is 0 Å². The van der Waals surface area contributed by atoms with Gasteiger partial charge in [-0.05, 0) is 24.8 Å². The Morgan fingerprint density at radius 2 is 2.00 bits per heavy atom. The van der Waals surface area contributed by atoms with E-state index in [0.717, 1.165) is 6.54 Å². The maximum Gasteiger partial charge on any atom is -0.00434 e. The molecule has 72 valence electrons. The SMILES string of the molecule is CCCC=C[C@H](C)[C@H](CC)CN. The Hall–Kier alpha value is -0.300. The molecule has 0 bridgehead atoms. The lowest BCUT2D eigenvalue weighted by molar-refractivity contribution is 0.417. The summed E-state index contributed by atoms with van der Waals surface area (Å²) < 4.78 is 0. The number of rotatable bonds is 6. The molecular formula is C11H23N. The van der Waals surface area contributed by atoms with Crippen LogP contribution in [0.3, 0.4) is 0 Å². The van der Waals surface area contributed by atoms with Gasteiger partial charge in [-0.1, -0.05) is 45.8 Å². The highest BCUT2D eigenvalue weighted by Gasteiger charge is 2.09. The second-order valence-electron chi connectivity index (χ2n) is 3.48. The lowest BCUT2D eigenvalue weighted by Gasteiger charge is -2.17. The van der Waals surface area contributed by atoms with E-state index in [0.29, 0.717) is 11.8 Å². The minimum absolute atomic E-state index is 0.645. The van der Waals surface area contributed by atoms with Gasteiger partial charge in [-0.2, -0.15) is 0 Å². The van der Waals surface area contributed by atoms with Crippen molar-refractivity contribution in [2.45, 2.75) is 40.0 Å². The number of hydrogen-bond acceptors (Lipinski definition) is 1. The quantitative estimate of drug-likeness (QED) is 0.608. The van der Waals surface area contributed by atoms with Crippen LogP contribution in [0.25, 0.3) is 0 Å². The van der Waals surface area contributed by atoms with Crippen LogP contribution in [0.1, 0.15) is 40.0 Å². The number of hydrogen-bond donors (Lipinski definition) is 1. The van der Waals surface area contributed by atoms with Gasteiger partial charge in [0.2, 0.25) is 0 Å². The zero-order valence-electron chi connectivity index (χ0n) is 8.72. The molecule has 0 aliphatic carbocycles. The van der Waals surface area contributed by atoms with Crippen LogP contribution in [0, 0.1) is 11.8 Å². The van der Waals surface area contributed by atoms with Gasteiger partial charge in [0, 0.05) is 0 Å². The fourth-order valence-corrected chi connectivity index (χ4v) is 1.39. The van der Waals surface area contributed by atoms with E-state index in [1.165, 1.54) is 19.3 Å². The molecule has 0 aromatic heterocycles. The molecule has 0 amide bonds. The molecule has 12 heavy (non-hydrogen) atoms. The number of unbranched alkanes of at least 4 members (excludes halogenated alkanes) is 1. The third-order valence-electron chi connectivity index (χ3n) is 2.47. The van der Waals surface area contributed by atoms with E-state index in [4.69, 9.17) is 5.73 Å². The summed E-state index contributed by atoms with van der Waals surface area (Å²) in [6.45, 7) is 7.48. The molecule has 2 N–H and O–H groups in total. The lowest BCUT2D eigenvalue weighted by atomic mass is 9.91. The van der Waals surface area contributed by atoms with Crippen molar-refractivity contribution in [2.24, 2.45) is 17.6 Å². The monoisotopic (exact) mass is 169 g/mol. The molecule has 0 heterocycles. The fraction of sp³-hybridized carbons (Fsp3) is 0.818. The van der Waals surface area contributed by atoms with Gasteiger partial charge >= 0.3 is 0 Å². The minimum atomic E-state index is 0.645. The summed E-state index contributed by atoms with van der Waals surface area (Å²) in [5.41, 5.74) is 5.65. The third kappa shape index (κ3) is 4.55. The molecule has 0 saturated heterocycles. The first kappa shape index (κ1) is 11.7. The van der Waals surface area contributed by atoms with Crippen molar-refractivity contribution in [3.05, 3.63) is 12.2 Å². The van der Waals surface area contributed by atoms with Crippen molar-refractivity contribution in [3.63, 3.8) is 0 Å². The van der Waals surface area contributed by atoms with Crippen LogP contribution in [0.15, 0.2) is 12.2 Å². The number of allylic oxidation sites excluding steroid dienone is 2. The summed E-state index contributed by atoms with van der Waals surface area (Å²) in [7, 11) is 0. The Morgan fingerprint density at radius 3 is 2.42 bits per heavy atom. The molecule has 0 saturated carbocycles. The van der Waals surface area contributed by atoms with Crippen LogP contribution in [0.2, 0.25) is 0 Å². The highest BCUT2D eigenvalue weighted by atomic mass is 14.5. The predicted octanol–water partition coefficient (Wildman–Crippen LogP) is 2.96. The number of nitrogens with two attached hydrogens (primary N) is 1. The first-order valence-electron chi connectivity index (χ1n) is 5.12. The van der Waals surface area contributed by atoms with Gasteiger partial charge in [-0.3, -0.25) is 0 Å². The highest BCUT2D eigenvalue weighted by Crippen LogP contribution is 2.15. The minimum Gasteiger partial charge on any atom is -0.330 e. The van der Waals surface area contributed by atoms with Crippen LogP contribution < -0.4 is 5.73 Å². The van der Waals surface area contributed by atoms with E-state index in [1.54, 1.807) is 0 Å². The maximum absolute atomic E-state index is 5.65. The van der Waals surface area contributed by atoms with Crippen LogP contribution in [-0.2, 0) is 0 Å². The van der Waals surface area contributed by atoms with E-state index < -0.39 is 0 Å². The second kappa shape index (κ2) is 7.35. The summed E-state index contributed by atoms with van der Waals surface area (Å²) in [4.78, 5) is 0. The fourth-order valence-electron chi connectivity index (χ4n) is 1.39. The molecule has 0 radical (unpaired) electrons. The van der Waals surface area contributed by atoms with Gasteiger partial charge in [-0.25, -0.2) is 0 Å². The average molecular weight is 169 g/mol. The average Bonchev–Trinajstić information content (AvgIpc) is 2.07. The molecule has 0 fully saturated rings. The molecule has 0 aromatic carbocycles. The van der Waals surface area contributed by atoms with Crippen LogP contribution in [-0.4, -0.2) is 6.54 Å². The molecule has 1 nitrogen and oxygen atoms in total. The molecule has 0 aliphatic rings. The van der Waals surface area contributed by atoms with Gasteiger partial charge in [0.15, 0.2) is 0 Å². The smallest absolute Gasteiger partial charge is 0.00434 e. The molecule has 0 unspecified atom stereocenters. The summed E-state index contributed by atoms with van der Waals surface area (Å²) >= 11 is 0. The summed E-state index contributed by atoms with van der Waals surface area (Å²) in [5, 5.41) is 0. The molecule has 0 spiro atoms. The Balaban J connectivity index is 3.74. The lowest BCUT2D eigenvalue weighted by Crippen LogP contribution is -2.19. The molecule has 1 heteroatoms. The molecule has 0 aromatic rings. The topological polar surface area (TPSA) is 26.0 Å². The molecular weight excluding hydrogens is 146 g/mol. The van der Waals surface area contributed by atoms with Crippen molar-refractivity contribution >= 4 is 0 Å². The Labute approximate surface area is 77.0 Å². The summed E-state index contributed by atoms with van der Waals surface area (Å²) in [6, 6.07) is 0. The van der Waals surface area contributed by atoms with Crippen molar-refractivity contribution in [2.75, 3.05) is 6.54 Å². The van der Waals surface area contributed by atoms with Gasteiger partial charge in [-0.15, -0.1) is 0 Å². The molecule has 2 atom stereocenters. The Bertz CT molecular complexity index is 114. The standard InChI is InChI=1S/C11H23N/c1-4-6-7-8-10(3)11(5-2)9-12/h7-8,10-11H,4-6,9,12H2,1-3H3/t10-,11+/m0/s1. The van der Waals surface area contributed by atoms with E-state index in [1.807, 2.05) is 0 Å². The highest BCUT2D eigenvalue weighted by molar-refractivity contribution is 4.89. The summed E-state index contributed by atoms with van der Waals surface area (Å²) in [6.07, 6.45) is 8.22. The van der Waals surface area contributed by atoms with E-state index in [2.05, 4.69) is 32.9 Å². The van der Waals surface area contributed by atoms with E-state index in [-0.39, 0.29) is 0 Å². The van der Waals surface area contributed by atoms with Crippen molar-refractivity contribution in [1.29, 1.82) is 0 Å². The van der Waals surface area contributed by atoms with Crippen LogP contribution >= 0.6 is 0 Å². The van der Waals surface area contributed by atoms with Crippen molar-refractivity contribution in [1.82, 2.24) is 0 Å². The van der Waals surface area contributed by atoms with Gasteiger partial charge in [0.25, 0.3) is 0 Å². The molecule has 0 aliphatic heterocycles. The molecule has 0 rings (SSSR count). The van der Waals surface area contributed by atoms with Crippen LogP contribution in [0.4, 0.5) is 0 Å². The van der Waals surface area contributed by atoms with Crippen molar-refractivity contribution < 1.29 is 0 Å². The van der Waals surface area contributed by atoms with Crippen molar-refractivity contribution in [3.8, 4) is 0 Å². The van der Waals surface area contributed by atoms with Crippen LogP contribution in [0.5, 0.6) is 0 Å². The first-order chi connectivity index (χ1) is 5.76. The third-order valence-corrected chi connectivity index (χ3v) is 2.47. The first-order valence-corrected chi connectivity index (χ1v) is 5.12. The van der Waals surface area contributed by atoms with Gasteiger partial charge < -0.3 is 5.73 Å². The Kier molecular flexibility index (Phi) is 7.17. The second-order valence-corrected chi connectivity index (χ2v) is 3.48. The largest absolute Gasteiger partial charge is 0.330 e.